The lowest BCUT2D eigenvalue weighted by atomic mass is 10.3. The summed E-state index contributed by atoms with van der Waals surface area (Å²) in [7, 11) is 0. The molecule has 1 aromatic carbocycles. The second-order valence-electron chi connectivity index (χ2n) is 3.80. The number of rotatable bonds is 3. The largest absolute Gasteiger partial charge is 0.477 e. The van der Waals surface area contributed by atoms with Gasteiger partial charge in [-0.1, -0.05) is 23.7 Å². The van der Waals surface area contributed by atoms with Gasteiger partial charge in [0, 0.05) is 0 Å². The Morgan fingerprint density at radius 3 is 2.45 bits per heavy atom. The van der Waals surface area contributed by atoms with Crippen LogP contribution in [0, 0.1) is 0 Å². The molecule has 3 N–H and O–H groups in total. The Labute approximate surface area is 119 Å². The molecular weight excluding hydrogens is 282 g/mol. The van der Waals surface area contributed by atoms with E-state index in [2.05, 4.69) is 15.6 Å². The molecule has 0 saturated heterocycles. The number of pyridine rings is 1. The number of halogens is 1. The quantitative estimate of drug-likeness (QED) is 0.810. The fourth-order valence-electron chi connectivity index (χ4n) is 1.44. The molecule has 0 aliphatic rings. The van der Waals surface area contributed by atoms with Gasteiger partial charge in [-0.2, -0.15) is 0 Å². The predicted octanol–water partition coefficient (Wildman–Crippen LogP) is 3.08. The van der Waals surface area contributed by atoms with Crippen molar-refractivity contribution in [2.24, 2.45) is 0 Å². The summed E-state index contributed by atoms with van der Waals surface area (Å²) in [6.07, 6.45) is 1.26. The molecule has 1 aromatic heterocycles. The number of benzene rings is 1. The van der Waals surface area contributed by atoms with Crippen LogP contribution in [0.5, 0.6) is 0 Å². The molecule has 0 spiro atoms. The Hall–Kier alpha value is -2.60. The van der Waals surface area contributed by atoms with E-state index in [4.69, 9.17) is 16.7 Å². The third-order valence-electron chi connectivity index (χ3n) is 2.36. The third-order valence-corrected chi connectivity index (χ3v) is 2.69. The minimum absolute atomic E-state index is 0.0953. The minimum Gasteiger partial charge on any atom is -0.477 e. The first-order valence-corrected chi connectivity index (χ1v) is 5.96. The van der Waals surface area contributed by atoms with Crippen molar-refractivity contribution in [3.05, 3.63) is 53.3 Å². The van der Waals surface area contributed by atoms with E-state index in [1.165, 1.54) is 18.3 Å². The molecule has 102 valence electrons. The molecular formula is C13H10ClN3O3. The zero-order valence-electron chi connectivity index (χ0n) is 10.1. The number of aromatic nitrogens is 1. The van der Waals surface area contributed by atoms with E-state index >= 15 is 0 Å². The first kappa shape index (κ1) is 13.8. The molecule has 0 radical (unpaired) electrons. The highest BCUT2D eigenvalue weighted by Gasteiger charge is 2.07. The zero-order chi connectivity index (χ0) is 14.5. The number of amides is 2. The first-order chi connectivity index (χ1) is 9.56. The molecule has 0 aliphatic carbocycles. The average Bonchev–Trinajstić information content (AvgIpc) is 2.42. The van der Waals surface area contributed by atoms with Crippen molar-refractivity contribution >= 4 is 35.0 Å². The first-order valence-electron chi connectivity index (χ1n) is 5.58. The normalized spacial score (nSPS) is 9.85. The Bertz CT molecular complexity index is 644. The van der Waals surface area contributed by atoms with Gasteiger partial charge in [-0.05, 0) is 24.3 Å². The van der Waals surface area contributed by atoms with E-state index in [-0.39, 0.29) is 5.69 Å². The lowest BCUT2D eigenvalue weighted by Gasteiger charge is -2.08. The van der Waals surface area contributed by atoms with Crippen LogP contribution < -0.4 is 10.6 Å². The fraction of sp³-hybridized carbons (Fsp3) is 0. The molecule has 0 fully saturated rings. The lowest BCUT2D eigenvalue weighted by molar-refractivity contribution is 0.0690. The number of para-hydroxylation sites is 1. The fourth-order valence-corrected chi connectivity index (χ4v) is 1.62. The second kappa shape index (κ2) is 6.03. The maximum atomic E-state index is 11.7. The molecule has 0 unspecified atom stereocenters. The maximum Gasteiger partial charge on any atom is 0.354 e. The lowest BCUT2D eigenvalue weighted by Crippen LogP contribution is -2.19. The van der Waals surface area contributed by atoms with Gasteiger partial charge in [-0.25, -0.2) is 14.6 Å². The van der Waals surface area contributed by atoms with E-state index in [9.17, 15) is 9.59 Å². The van der Waals surface area contributed by atoms with Crippen LogP contribution in [-0.4, -0.2) is 22.1 Å². The molecule has 0 aliphatic heterocycles. The Morgan fingerprint density at radius 2 is 1.85 bits per heavy atom. The number of carbonyl (C=O) groups excluding carboxylic acids is 1. The van der Waals surface area contributed by atoms with Gasteiger partial charge >= 0.3 is 12.0 Å². The minimum atomic E-state index is -1.13. The van der Waals surface area contributed by atoms with E-state index < -0.39 is 12.0 Å². The van der Waals surface area contributed by atoms with Crippen LogP contribution in [0.2, 0.25) is 5.02 Å². The van der Waals surface area contributed by atoms with Crippen LogP contribution in [0.25, 0.3) is 0 Å². The number of carbonyl (C=O) groups is 2. The van der Waals surface area contributed by atoms with Gasteiger partial charge in [0.2, 0.25) is 0 Å². The van der Waals surface area contributed by atoms with E-state index in [1.807, 2.05) is 0 Å². The van der Waals surface area contributed by atoms with Gasteiger partial charge in [-0.15, -0.1) is 0 Å². The van der Waals surface area contributed by atoms with Crippen LogP contribution in [0.3, 0.4) is 0 Å². The Balaban J connectivity index is 2.01. The topological polar surface area (TPSA) is 91.3 Å². The highest BCUT2D eigenvalue weighted by molar-refractivity contribution is 6.33. The van der Waals surface area contributed by atoms with Gasteiger partial charge in [-0.3, -0.25) is 0 Å². The highest BCUT2D eigenvalue weighted by Crippen LogP contribution is 2.20. The Morgan fingerprint density at radius 1 is 1.10 bits per heavy atom. The van der Waals surface area contributed by atoms with Crippen LogP contribution in [0.4, 0.5) is 16.2 Å². The molecule has 20 heavy (non-hydrogen) atoms. The molecule has 2 aromatic rings. The van der Waals surface area contributed by atoms with Crippen molar-refractivity contribution in [1.29, 1.82) is 0 Å². The van der Waals surface area contributed by atoms with Crippen LogP contribution in [0.1, 0.15) is 10.5 Å². The molecule has 0 atom stereocenters. The van der Waals surface area contributed by atoms with E-state index in [1.54, 1.807) is 24.3 Å². The van der Waals surface area contributed by atoms with Crippen molar-refractivity contribution in [2.45, 2.75) is 0 Å². The van der Waals surface area contributed by atoms with Crippen molar-refractivity contribution in [3.63, 3.8) is 0 Å². The number of nitrogens with zero attached hydrogens (tertiary/aromatic N) is 1. The summed E-state index contributed by atoms with van der Waals surface area (Å²) in [5.41, 5.74) is 0.753. The highest BCUT2D eigenvalue weighted by atomic mass is 35.5. The van der Waals surface area contributed by atoms with Crippen LogP contribution >= 0.6 is 11.6 Å². The number of urea groups is 1. The number of anilines is 2. The smallest absolute Gasteiger partial charge is 0.354 e. The summed E-state index contributed by atoms with van der Waals surface area (Å²) in [6, 6.07) is 9.05. The summed E-state index contributed by atoms with van der Waals surface area (Å²) in [5, 5.41) is 14.2. The van der Waals surface area contributed by atoms with Gasteiger partial charge < -0.3 is 15.7 Å². The molecule has 0 saturated carbocycles. The molecule has 7 heteroatoms. The standard InChI is InChI=1S/C13H10ClN3O3/c14-9-3-1-2-4-10(9)17-13(20)16-8-5-6-11(12(18)19)15-7-8/h1-7H,(H,18,19)(H2,16,17,20). The second-order valence-corrected chi connectivity index (χ2v) is 4.20. The van der Waals surface area contributed by atoms with Crippen LogP contribution in [-0.2, 0) is 0 Å². The van der Waals surface area contributed by atoms with Crippen molar-refractivity contribution < 1.29 is 14.7 Å². The van der Waals surface area contributed by atoms with Crippen molar-refractivity contribution in [2.75, 3.05) is 10.6 Å². The zero-order valence-corrected chi connectivity index (χ0v) is 10.9. The van der Waals surface area contributed by atoms with Gasteiger partial charge in [0.25, 0.3) is 0 Å². The summed E-state index contributed by atoms with van der Waals surface area (Å²) in [4.78, 5) is 26.1. The number of carboxylic acid groups (broad SMARTS) is 1. The number of hydrogen-bond acceptors (Lipinski definition) is 3. The molecule has 1 heterocycles. The monoisotopic (exact) mass is 291 g/mol. The third kappa shape index (κ3) is 3.46. The van der Waals surface area contributed by atoms with Crippen LogP contribution in [0.15, 0.2) is 42.6 Å². The van der Waals surface area contributed by atoms with Crippen molar-refractivity contribution in [3.8, 4) is 0 Å². The number of aromatic carboxylic acids is 1. The number of hydrogen-bond donors (Lipinski definition) is 3. The summed E-state index contributed by atoms with van der Waals surface area (Å²) in [5.74, 6) is -1.13. The van der Waals surface area contributed by atoms with E-state index in [0.29, 0.717) is 16.4 Å². The van der Waals surface area contributed by atoms with Gasteiger partial charge in [0.1, 0.15) is 5.69 Å². The summed E-state index contributed by atoms with van der Waals surface area (Å²) >= 11 is 5.91. The number of nitrogens with one attached hydrogen (secondary N) is 2. The molecule has 6 nitrogen and oxygen atoms in total. The SMILES string of the molecule is O=C(Nc1ccc(C(=O)O)nc1)Nc1ccccc1Cl. The van der Waals surface area contributed by atoms with Crippen molar-refractivity contribution in [1.82, 2.24) is 4.98 Å². The van der Waals surface area contributed by atoms with E-state index in [0.717, 1.165) is 0 Å². The average molecular weight is 292 g/mol. The summed E-state index contributed by atoms with van der Waals surface area (Å²) in [6.45, 7) is 0. The molecule has 2 rings (SSSR count). The Kier molecular flexibility index (Phi) is 4.17. The maximum absolute atomic E-state index is 11.7. The number of carboxylic acids is 1. The van der Waals surface area contributed by atoms with Gasteiger partial charge in [0.15, 0.2) is 0 Å². The molecule has 0 bridgehead atoms. The summed E-state index contributed by atoms with van der Waals surface area (Å²) < 4.78 is 0. The van der Waals surface area contributed by atoms with Gasteiger partial charge in [0.05, 0.1) is 22.6 Å². The predicted molar refractivity (Wildman–Crippen MR) is 75.3 cm³/mol. The molecule has 2 amide bonds.